The topological polar surface area (TPSA) is 71.2 Å². The fourth-order valence-electron chi connectivity index (χ4n) is 3.88. The van der Waals surface area contributed by atoms with Crippen molar-refractivity contribution >= 4 is 42.1 Å². The van der Waals surface area contributed by atoms with Gasteiger partial charge in [0, 0.05) is 43.0 Å². The van der Waals surface area contributed by atoms with Gasteiger partial charge in [0.15, 0.2) is 0 Å². The number of amides is 1. The molecular weight excluding hydrogens is 495 g/mol. The van der Waals surface area contributed by atoms with Crippen LogP contribution in [0.3, 0.4) is 0 Å². The van der Waals surface area contributed by atoms with E-state index >= 15 is 4.39 Å². The summed E-state index contributed by atoms with van der Waals surface area (Å²) in [4.78, 5) is 18.9. The zero-order valence-electron chi connectivity index (χ0n) is 17.7. The first-order chi connectivity index (χ1) is 15.3. The number of carbonyl (C=O) groups excluding carboxylic acids is 1. The third-order valence-corrected chi connectivity index (χ3v) is 5.36. The number of hydrogen-bond donors (Lipinski definition) is 2. The van der Waals surface area contributed by atoms with Gasteiger partial charge in [-0.3, -0.25) is 9.78 Å². The molecule has 11 heteroatoms. The monoisotopic (exact) mass is 516 g/mol. The van der Waals surface area contributed by atoms with Gasteiger partial charge < -0.3 is 16.0 Å². The maximum absolute atomic E-state index is 15.1. The number of carbonyl (C=O) groups is 1. The van der Waals surface area contributed by atoms with Gasteiger partial charge in [0.05, 0.1) is 28.7 Å². The van der Waals surface area contributed by atoms with Crippen molar-refractivity contribution in [3.05, 3.63) is 77.6 Å². The van der Waals surface area contributed by atoms with Crippen LogP contribution >= 0.6 is 24.8 Å². The zero-order valence-corrected chi connectivity index (χ0v) is 19.4. The fourth-order valence-corrected chi connectivity index (χ4v) is 3.88. The van der Waals surface area contributed by atoms with Crippen molar-refractivity contribution in [2.45, 2.75) is 18.9 Å². The standard InChI is InChI=1S/C23H20F4N4O.2ClH/c24-13-9-17(25)21(18(26)10-13)15-4-1-5-16(22(15)27)23(32)30-19-11-29-7-6-20(19)31-8-2-3-14(28)12-31;;/h1,4-7,9-11,14H,2-3,8,12,28H2,(H,30,32);2*1H/t14-;;/m0../s1. The molecular formula is C23H22Cl2F4N4O. The average Bonchev–Trinajstić information content (AvgIpc) is 2.74. The van der Waals surface area contributed by atoms with E-state index in [1.54, 1.807) is 12.3 Å². The molecule has 3 aromatic rings. The molecule has 2 heterocycles. The minimum absolute atomic E-state index is 0. The van der Waals surface area contributed by atoms with E-state index in [0.29, 0.717) is 30.1 Å². The molecule has 1 aromatic heterocycles. The van der Waals surface area contributed by atoms with E-state index in [9.17, 15) is 18.0 Å². The van der Waals surface area contributed by atoms with Crippen LogP contribution in [-0.2, 0) is 0 Å². The second-order valence-corrected chi connectivity index (χ2v) is 7.61. The summed E-state index contributed by atoms with van der Waals surface area (Å²) in [7, 11) is 0. The number of rotatable bonds is 4. The lowest BCUT2D eigenvalue weighted by molar-refractivity contribution is 0.102. The summed E-state index contributed by atoms with van der Waals surface area (Å²) in [6.45, 7) is 1.34. The van der Waals surface area contributed by atoms with Gasteiger partial charge >= 0.3 is 0 Å². The number of nitrogens with zero attached hydrogens (tertiary/aromatic N) is 2. The normalized spacial score (nSPS) is 15.2. The van der Waals surface area contributed by atoms with Gasteiger partial charge in [-0.05, 0) is 25.0 Å². The molecule has 1 fully saturated rings. The molecule has 0 spiro atoms. The second kappa shape index (κ2) is 11.5. The van der Waals surface area contributed by atoms with Crippen molar-refractivity contribution < 1.29 is 22.4 Å². The van der Waals surface area contributed by atoms with Gasteiger partial charge in [0.25, 0.3) is 5.91 Å². The second-order valence-electron chi connectivity index (χ2n) is 7.61. The van der Waals surface area contributed by atoms with E-state index < -0.39 is 45.9 Å². The van der Waals surface area contributed by atoms with Crippen molar-refractivity contribution in [1.29, 1.82) is 0 Å². The summed E-state index contributed by atoms with van der Waals surface area (Å²) in [6, 6.07) is 6.24. The third-order valence-electron chi connectivity index (χ3n) is 5.36. The Bertz CT molecular complexity index is 1160. The van der Waals surface area contributed by atoms with Crippen molar-refractivity contribution in [3.63, 3.8) is 0 Å². The van der Waals surface area contributed by atoms with Gasteiger partial charge in [-0.15, -0.1) is 24.8 Å². The minimum atomic E-state index is -1.27. The highest BCUT2D eigenvalue weighted by molar-refractivity contribution is 6.06. The number of nitrogens with two attached hydrogens (primary N) is 1. The lowest BCUT2D eigenvalue weighted by Crippen LogP contribution is -2.43. The molecule has 2 aromatic carbocycles. The number of pyridine rings is 1. The molecule has 0 radical (unpaired) electrons. The molecule has 0 bridgehead atoms. The fraction of sp³-hybridized carbons (Fsp3) is 0.217. The van der Waals surface area contributed by atoms with Gasteiger partial charge in [-0.2, -0.15) is 0 Å². The van der Waals surface area contributed by atoms with Crippen LogP contribution in [0.1, 0.15) is 23.2 Å². The highest BCUT2D eigenvalue weighted by atomic mass is 35.5. The summed E-state index contributed by atoms with van der Waals surface area (Å²) in [5, 5.41) is 2.63. The number of anilines is 2. The molecule has 0 aliphatic carbocycles. The van der Waals surface area contributed by atoms with Crippen LogP contribution in [0.15, 0.2) is 48.8 Å². The maximum atomic E-state index is 15.1. The summed E-state index contributed by atoms with van der Waals surface area (Å²) < 4.78 is 56.7. The molecule has 0 saturated carbocycles. The van der Waals surface area contributed by atoms with E-state index in [1.165, 1.54) is 18.3 Å². The van der Waals surface area contributed by atoms with E-state index in [2.05, 4.69) is 10.3 Å². The Morgan fingerprint density at radius 3 is 2.47 bits per heavy atom. The number of piperidine rings is 1. The van der Waals surface area contributed by atoms with Gasteiger partial charge in [0.1, 0.15) is 23.3 Å². The molecule has 5 nitrogen and oxygen atoms in total. The predicted molar refractivity (Wildman–Crippen MR) is 128 cm³/mol. The Balaban J connectivity index is 0.00000204. The molecule has 1 aliphatic rings. The minimum Gasteiger partial charge on any atom is -0.368 e. The van der Waals surface area contributed by atoms with Crippen LogP contribution in [0.5, 0.6) is 0 Å². The highest BCUT2D eigenvalue weighted by Gasteiger charge is 2.24. The lowest BCUT2D eigenvalue weighted by Gasteiger charge is -2.33. The molecule has 182 valence electrons. The summed E-state index contributed by atoms with van der Waals surface area (Å²) >= 11 is 0. The van der Waals surface area contributed by atoms with Crippen LogP contribution in [0.4, 0.5) is 28.9 Å². The smallest absolute Gasteiger partial charge is 0.258 e. The van der Waals surface area contributed by atoms with Gasteiger partial charge in [-0.1, -0.05) is 12.1 Å². The van der Waals surface area contributed by atoms with Crippen LogP contribution in [0, 0.1) is 23.3 Å². The average molecular weight is 517 g/mol. The van der Waals surface area contributed by atoms with Crippen LogP contribution in [-0.4, -0.2) is 30.0 Å². The molecule has 0 unspecified atom stereocenters. The van der Waals surface area contributed by atoms with Crippen molar-refractivity contribution in [3.8, 4) is 11.1 Å². The lowest BCUT2D eigenvalue weighted by atomic mass is 10.0. The van der Waals surface area contributed by atoms with E-state index in [4.69, 9.17) is 5.73 Å². The molecule has 3 N–H and O–H groups in total. The molecule has 1 aliphatic heterocycles. The molecule has 1 saturated heterocycles. The van der Waals surface area contributed by atoms with E-state index in [-0.39, 0.29) is 30.9 Å². The number of hydrogen-bond acceptors (Lipinski definition) is 4. The number of benzene rings is 2. The first kappa shape index (κ1) is 27.4. The first-order valence-electron chi connectivity index (χ1n) is 10.0. The quantitative estimate of drug-likeness (QED) is 0.460. The number of halogens is 6. The van der Waals surface area contributed by atoms with Crippen molar-refractivity contribution in [2.24, 2.45) is 5.73 Å². The van der Waals surface area contributed by atoms with Crippen molar-refractivity contribution in [1.82, 2.24) is 4.98 Å². The predicted octanol–water partition coefficient (Wildman–Crippen LogP) is 5.33. The Morgan fingerprint density at radius 1 is 1.09 bits per heavy atom. The summed E-state index contributed by atoms with van der Waals surface area (Å²) in [5.41, 5.74) is 5.45. The SMILES string of the molecule is Cl.Cl.N[C@H]1CCCN(c2ccncc2NC(=O)c2cccc(-c3c(F)cc(F)cc3F)c2F)C1. The maximum Gasteiger partial charge on any atom is 0.258 e. The number of aromatic nitrogens is 1. The Hall–Kier alpha value is -2.88. The molecule has 1 atom stereocenters. The van der Waals surface area contributed by atoms with Gasteiger partial charge in [0.2, 0.25) is 0 Å². The summed E-state index contributed by atoms with van der Waals surface area (Å²) in [6.07, 6.45) is 4.81. The molecule has 1 amide bonds. The summed E-state index contributed by atoms with van der Waals surface area (Å²) in [5.74, 6) is -5.60. The van der Waals surface area contributed by atoms with Gasteiger partial charge in [-0.25, -0.2) is 17.6 Å². The highest BCUT2D eigenvalue weighted by Crippen LogP contribution is 2.32. The van der Waals surface area contributed by atoms with Crippen LogP contribution < -0.4 is 16.0 Å². The Labute approximate surface area is 206 Å². The zero-order chi connectivity index (χ0) is 22.8. The van der Waals surface area contributed by atoms with E-state index in [1.807, 2.05) is 4.90 Å². The van der Waals surface area contributed by atoms with E-state index in [0.717, 1.165) is 25.5 Å². The number of nitrogens with one attached hydrogen (secondary N) is 1. The van der Waals surface area contributed by atoms with Crippen LogP contribution in [0.25, 0.3) is 11.1 Å². The molecule has 34 heavy (non-hydrogen) atoms. The van der Waals surface area contributed by atoms with Crippen molar-refractivity contribution in [2.75, 3.05) is 23.3 Å². The first-order valence-corrected chi connectivity index (χ1v) is 10.0. The Morgan fingerprint density at radius 2 is 1.79 bits per heavy atom. The third kappa shape index (κ3) is 5.60. The Kier molecular flexibility index (Phi) is 9.26. The molecule has 4 rings (SSSR count). The largest absolute Gasteiger partial charge is 0.368 e. The van der Waals surface area contributed by atoms with Crippen LogP contribution in [0.2, 0.25) is 0 Å².